The highest BCUT2D eigenvalue weighted by atomic mass is 14.8. The number of hydrogen-bond acceptors (Lipinski definition) is 2. The van der Waals surface area contributed by atoms with E-state index in [2.05, 4.69) is 88.4 Å². The SMILES string of the molecule is Cc1cccc(C)c1N=CCC1C=CC=CC1=Nc1c(C)cccc1C. The van der Waals surface area contributed by atoms with Crippen molar-refractivity contribution < 1.29 is 0 Å². The zero-order valence-corrected chi connectivity index (χ0v) is 16.0. The molecule has 26 heavy (non-hydrogen) atoms. The van der Waals surface area contributed by atoms with Crippen LogP contribution in [0.4, 0.5) is 11.4 Å². The van der Waals surface area contributed by atoms with Crippen LogP contribution in [0.25, 0.3) is 0 Å². The molecule has 0 spiro atoms. The molecule has 1 atom stereocenters. The molecule has 1 aliphatic rings. The Morgan fingerprint density at radius 3 is 2.00 bits per heavy atom. The summed E-state index contributed by atoms with van der Waals surface area (Å²) in [6.07, 6.45) is 11.4. The van der Waals surface area contributed by atoms with Gasteiger partial charge in [0.1, 0.15) is 0 Å². The summed E-state index contributed by atoms with van der Waals surface area (Å²) in [5, 5.41) is 0. The van der Waals surface area contributed by atoms with Gasteiger partial charge >= 0.3 is 0 Å². The highest BCUT2D eigenvalue weighted by molar-refractivity contribution is 6.02. The normalized spacial score (nSPS) is 18.2. The van der Waals surface area contributed by atoms with Gasteiger partial charge in [-0.3, -0.25) is 9.98 Å². The molecule has 0 aliphatic heterocycles. The minimum Gasteiger partial charge on any atom is -0.261 e. The molecule has 2 heteroatoms. The zero-order valence-electron chi connectivity index (χ0n) is 16.0. The molecular formula is C24H26N2. The van der Waals surface area contributed by atoms with Crippen molar-refractivity contribution in [1.82, 2.24) is 0 Å². The van der Waals surface area contributed by atoms with Gasteiger partial charge in [-0.1, -0.05) is 54.6 Å². The largest absolute Gasteiger partial charge is 0.261 e. The molecule has 2 aromatic rings. The van der Waals surface area contributed by atoms with E-state index in [-0.39, 0.29) is 5.92 Å². The van der Waals surface area contributed by atoms with Crippen LogP contribution in [0.5, 0.6) is 0 Å². The third-order valence-electron chi connectivity index (χ3n) is 4.80. The topological polar surface area (TPSA) is 24.7 Å². The van der Waals surface area contributed by atoms with Gasteiger partial charge < -0.3 is 0 Å². The van der Waals surface area contributed by atoms with Gasteiger partial charge in [0.15, 0.2) is 0 Å². The predicted octanol–water partition coefficient (Wildman–Crippen LogP) is 6.53. The molecule has 0 bridgehead atoms. The zero-order chi connectivity index (χ0) is 18.5. The second kappa shape index (κ2) is 8.09. The number of allylic oxidation sites excluding steroid dienone is 4. The lowest BCUT2D eigenvalue weighted by Gasteiger charge is -2.15. The lowest BCUT2D eigenvalue weighted by atomic mass is 9.95. The van der Waals surface area contributed by atoms with Crippen molar-refractivity contribution in [3.8, 4) is 0 Å². The van der Waals surface area contributed by atoms with Crippen molar-refractivity contribution >= 4 is 23.3 Å². The smallest absolute Gasteiger partial charge is 0.0691 e. The molecule has 0 fully saturated rings. The highest BCUT2D eigenvalue weighted by Gasteiger charge is 2.13. The molecule has 0 amide bonds. The van der Waals surface area contributed by atoms with Gasteiger partial charge in [-0.25, -0.2) is 0 Å². The molecule has 0 heterocycles. The van der Waals surface area contributed by atoms with E-state index in [4.69, 9.17) is 9.98 Å². The Labute approximate surface area is 156 Å². The number of aryl methyl sites for hydroxylation is 4. The Hall–Kier alpha value is -2.74. The quantitative estimate of drug-likeness (QED) is 0.564. The van der Waals surface area contributed by atoms with E-state index in [1.54, 1.807) is 0 Å². The van der Waals surface area contributed by atoms with Gasteiger partial charge in [0.2, 0.25) is 0 Å². The number of aliphatic imine (C=N–C) groups is 2. The number of para-hydroxylation sites is 2. The summed E-state index contributed by atoms with van der Waals surface area (Å²) in [7, 11) is 0. The lowest BCUT2D eigenvalue weighted by Crippen LogP contribution is -2.12. The van der Waals surface area contributed by atoms with E-state index in [1.165, 1.54) is 22.3 Å². The van der Waals surface area contributed by atoms with E-state index >= 15 is 0 Å². The molecule has 0 aromatic heterocycles. The van der Waals surface area contributed by atoms with Crippen LogP contribution in [-0.4, -0.2) is 11.9 Å². The summed E-state index contributed by atoms with van der Waals surface area (Å²) in [6, 6.07) is 12.6. The number of hydrogen-bond donors (Lipinski definition) is 0. The fraction of sp³-hybridized carbons (Fsp3) is 0.250. The Kier molecular flexibility index (Phi) is 5.62. The third kappa shape index (κ3) is 4.08. The summed E-state index contributed by atoms with van der Waals surface area (Å²) in [6.45, 7) is 8.45. The molecule has 2 aromatic carbocycles. The van der Waals surface area contributed by atoms with E-state index < -0.39 is 0 Å². The van der Waals surface area contributed by atoms with Crippen molar-refractivity contribution in [3.63, 3.8) is 0 Å². The summed E-state index contributed by atoms with van der Waals surface area (Å²) in [5.41, 5.74) is 8.11. The first-order valence-electron chi connectivity index (χ1n) is 9.14. The van der Waals surface area contributed by atoms with Crippen LogP contribution in [0, 0.1) is 33.6 Å². The minimum absolute atomic E-state index is 0.257. The minimum atomic E-state index is 0.257. The van der Waals surface area contributed by atoms with Crippen LogP contribution < -0.4 is 0 Å². The first kappa shape index (κ1) is 18.1. The van der Waals surface area contributed by atoms with E-state index in [0.717, 1.165) is 23.5 Å². The molecule has 3 rings (SSSR count). The molecule has 1 aliphatic carbocycles. The summed E-state index contributed by atoms with van der Waals surface area (Å²) in [5.74, 6) is 0.257. The maximum absolute atomic E-state index is 4.98. The Balaban J connectivity index is 1.83. The maximum atomic E-state index is 4.98. The van der Waals surface area contributed by atoms with Crippen molar-refractivity contribution in [2.75, 3.05) is 0 Å². The van der Waals surface area contributed by atoms with Crippen molar-refractivity contribution in [3.05, 3.63) is 83.0 Å². The van der Waals surface area contributed by atoms with E-state index in [1.807, 2.05) is 6.21 Å². The van der Waals surface area contributed by atoms with Gasteiger partial charge in [-0.05, 0) is 62.4 Å². The molecule has 0 radical (unpaired) electrons. The molecule has 0 saturated carbocycles. The predicted molar refractivity (Wildman–Crippen MR) is 113 cm³/mol. The van der Waals surface area contributed by atoms with Crippen LogP contribution in [0.15, 0.2) is 70.7 Å². The van der Waals surface area contributed by atoms with Crippen LogP contribution in [0.3, 0.4) is 0 Å². The van der Waals surface area contributed by atoms with E-state index in [0.29, 0.717) is 0 Å². The van der Waals surface area contributed by atoms with Crippen molar-refractivity contribution in [2.45, 2.75) is 34.1 Å². The maximum Gasteiger partial charge on any atom is 0.0691 e. The first-order chi connectivity index (χ1) is 12.6. The van der Waals surface area contributed by atoms with Gasteiger partial charge in [0.25, 0.3) is 0 Å². The second-order valence-electron chi connectivity index (χ2n) is 6.92. The van der Waals surface area contributed by atoms with E-state index in [9.17, 15) is 0 Å². The second-order valence-corrected chi connectivity index (χ2v) is 6.92. The average Bonchev–Trinajstić information content (AvgIpc) is 2.62. The van der Waals surface area contributed by atoms with Crippen molar-refractivity contribution in [2.24, 2.45) is 15.9 Å². The van der Waals surface area contributed by atoms with Gasteiger partial charge in [-0.2, -0.15) is 0 Å². The Morgan fingerprint density at radius 2 is 1.38 bits per heavy atom. The van der Waals surface area contributed by atoms with Gasteiger partial charge in [0.05, 0.1) is 11.4 Å². The Bertz CT molecular complexity index is 873. The van der Waals surface area contributed by atoms with Crippen LogP contribution in [-0.2, 0) is 0 Å². The van der Waals surface area contributed by atoms with Crippen molar-refractivity contribution in [1.29, 1.82) is 0 Å². The van der Waals surface area contributed by atoms with Crippen LogP contribution in [0.2, 0.25) is 0 Å². The molecule has 1 unspecified atom stereocenters. The number of nitrogens with zero attached hydrogens (tertiary/aromatic N) is 2. The highest BCUT2D eigenvalue weighted by Crippen LogP contribution is 2.27. The molecule has 2 nitrogen and oxygen atoms in total. The molecule has 132 valence electrons. The Morgan fingerprint density at radius 1 is 0.808 bits per heavy atom. The average molecular weight is 342 g/mol. The fourth-order valence-corrected chi connectivity index (χ4v) is 3.27. The molecule has 0 saturated heterocycles. The van der Waals surface area contributed by atoms with Crippen LogP contribution in [0.1, 0.15) is 28.7 Å². The van der Waals surface area contributed by atoms with Crippen LogP contribution >= 0.6 is 0 Å². The summed E-state index contributed by atoms with van der Waals surface area (Å²) in [4.78, 5) is 9.71. The summed E-state index contributed by atoms with van der Waals surface area (Å²) >= 11 is 0. The number of benzene rings is 2. The first-order valence-corrected chi connectivity index (χ1v) is 9.14. The standard InChI is InChI=1S/C24H26N2/c1-17-9-7-10-18(2)23(17)25-16-15-21-13-5-6-14-22(21)26-24-19(3)11-8-12-20(24)4/h5-14,16,21H,15H2,1-4H3. The van der Waals surface area contributed by atoms with Gasteiger partial charge in [0, 0.05) is 17.8 Å². The monoisotopic (exact) mass is 342 g/mol. The number of rotatable bonds is 4. The van der Waals surface area contributed by atoms with Gasteiger partial charge in [-0.15, -0.1) is 0 Å². The molecule has 0 N–H and O–H groups in total. The lowest BCUT2D eigenvalue weighted by molar-refractivity contribution is 0.922. The molecular weight excluding hydrogens is 316 g/mol. The fourth-order valence-electron chi connectivity index (χ4n) is 3.27. The summed E-state index contributed by atoms with van der Waals surface area (Å²) < 4.78 is 0. The third-order valence-corrected chi connectivity index (χ3v) is 4.80.